The maximum atomic E-state index is 12.1. The van der Waals surface area contributed by atoms with Crippen molar-refractivity contribution in [1.29, 1.82) is 0 Å². The molecule has 0 radical (unpaired) electrons. The first-order valence-corrected chi connectivity index (χ1v) is 5.75. The van der Waals surface area contributed by atoms with Gasteiger partial charge in [0.05, 0.1) is 6.04 Å². The molecule has 0 aliphatic rings. The van der Waals surface area contributed by atoms with Crippen LogP contribution in [0.25, 0.3) is 0 Å². The monoisotopic (exact) mass is 329 g/mol. The second kappa shape index (κ2) is 7.27. The number of halogens is 1. The maximum absolute atomic E-state index is 12.1. The SMILES string of the molecule is CC(NC(C)(C)C)C(=O)c1cccc(Cl)c1.[SrH2]. The Bertz CT molecular complexity index is 387. The predicted molar refractivity (Wildman–Crippen MR) is 76.7 cm³/mol. The van der Waals surface area contributed by atoms with Crippen LogP contribution in [0.15, 0.2) is 24.3 Å². The Labute approximate surface area is 145 Å². The van der Waals surface area contributed by atoms with Gasteiger partial charge in [0.1, 0.15) is 0 Å². The van der Waals surface area contributed by atoms with Crippen molar-refractivity contribution in [2.45, 2.75) is 39.3 Å². The van der Waals surface area contributed by atoms with Crippen molar-refractivity contribution < 1.29 is 4.79 Å². The van der Waals surface area contributed by atoms with E-state index >= 15 is 0 Å². The van der Waals surface area contributed by atoms with Crippen LogP contribution in [0.2, 0.25) is 5.02 Å². The van der Waals surface area contributed by atoms with Crippen molar-refractivity contribution in [3.63, 3.8) is 0 Å². The van der Waals surface area contributed by atoms with E-state index < -0.39 is 0 Å². The van der Waals surface area contributed by atoms with Gasteiger partial charge in [-0.1, -0.05) is 23.7 Å². The molecule has 1 aromatic carbocycles. The van der Waals surface area contributed by atoms with Crippen LogP contribution >= 0.6 is 11.6 Å². The number of carbonyl (C=O) groups excluding carboxylic acids is 1. The predicted octanol–water partition coefficient (Wildman–Crippen LogP) is 2.38. The van der Waals surface area contributed by atoms with Gasteiger partial charge in [0.25, 0.3) is 0 Å². The van der Waals surface area contributed by atoms with Gasteiger partial charge in [0.2, 0.25) is 0 Å². The van der Waals surface area contributed by atoms with Gasteiger partial charge in [-0.15, -0.1) is 0 Å². The molecule has 2 nitrogen and oxygen atoms in total. The molecule has 0 fully saturated rings. The fraction of sp³-hybridized carbons (Fsp3) is 0.462. The van der Waals surface area contributed by atoms with Crippen LogP contribution in [0.5, 0.6) is 0 Å². The van der Waals surface area contributed by atoms with E-state index in [9.17, 15) is 4.79 Å². The minimum atomic E-state index is -0.210. The molecule has 1 aromatic rings. The Morgan fingerprint density at radius 3 is 2.41 bits per heavy atom. The number of hydrogen-bond donors (Lipinski definition) is 1. The van der Waals surface area contributed by atoms with Crippen LogP contribution in [0.3, 0.4) is 0 Å². The van der Waals surface area contributed by atoms with Crippen LogP contribution < -0.4 is 5.32 Å². The van der Waals surface area contributed by atoms with E-state index in [1.54, 1.807) is 24.3 Å². The van der Waals surface area contributed by atoms with E-state index in [0.717, 1.165) is 0 Å². The van der Waals surface area contributed by atoms with Crippen LogP contribution in [-0.4, -0.2) is 62.8 Å². The Kier molecular flexibility index (Phi) is 7.53. The van der Waals surface area contributed by atoms with Crippen molar-refractivity contribution >= 4 is 62.9 Å². The average Bonchev–Trinajstić information content (AvgIpc) is 2.14. The molecular weight excluding hydrogens is 309 g/mol. The van der Waals surface area contributed by atoms with E-state index in [0.29, 0.717) is 10.6 Å². The first kappa shape index (κ1) is 17.6. The molecule has 1 atom stereocenters. The van der Waals surface area contributed by atoms with E-state index in [1.165, 1.54) is 0 Å². The minimum absolute atomic E-state index is 0. The molecule has 1 unspecified atom stereocenters. The van der Waals surface area contributed by atoms with Crippen molar-refractivity contribution in [1.82, 2.24) is 5.32 Å². The number of rotatable bonds is 3. The molecule has 0 bridgehead atoms. The molecule has 1 N–H and O–H groups in total. The molecule has 0 spiro atoms. The fourth-order valence-corrected chi connectivity index (χ4v) is 1.80. The van der Waals surface area contributed by atoms with Gasteiger partial charge < -0.3 is 5.32 Å². The zero-order chi connectivity index (χ0) is 12.3. The Balaban J connectivity index is 0.00000256. The number of benzene rings is 1. The van der Waals surface area contributed by atoms with Crippen molar-refractivity contribution in [2.24, 2.45) is 0 Å². The summed E-state index contributed by atoms with van der Waals surface area (Å²) < 4.78 is 0. The number of ketones is 1. The van der Waals surface area contributed by atoms with E-state index in [-0.39, 0.29) is 62.8 Å². The molecule has 1 rings (SSSR count). The number of Topliss-reactive ketones (excluding diaryl/α,β-unsaturated/α-hetero) is 1. The summed E-state index contributed by atoms with van der Waals surface area (Å²) in [6.07, 6.45) is 0. The summed E-state index contributed by atoms with van der Waals surface area (Å²) in [5.41, 5.74) is 0.574. The summed E-state index contributed by atoms with van der Waals surface area (Å²) in [5.74, 6) is 0.0671. The molecule has 0 aromatic heterocycles. The van der Waals surface area contributed by atoms with E-state index in [4.69, 9.17) is 11.6 Å². The normalized spacial score (nSPS) is 12.8. The van der Waals surface area contributed by atoms with E-state index in [2.05, 4.69) is 5.32 Å². The van der Waals surface area contributed by atoms with Gasteiger partial charge in [0, 0.05) is 16.1 Å². The first-order chi connectivity index (χ1) is 7.29. The Morgan fingerprint density at radius 1 is 1.35 bits per heavy atom. The topological polar surface area (TPSA) is 29.1 Å². The number of carbonyl (C=O) groups is 1. The first-order valence-electron chi connectivity index (χ1n) is 5.37. The molecule has 0 aliphatic carbocycles. The average molecular weight is 329 g/mol. The van der Waals surface area contributed by atoms with Gasteiger partial charge in [-0.2, -0.15) is 0 Å². The summed E-state index contributed by atoms with van der Waals surface area (Å²) in [5, 5.41) is 3.84. The van der Waals surface area contributed by atoms with Crippen molar-refractivity contribution in [3.05, 3.63) is 34.9 Å². The zero-order valence-electron chi connectivity index (χ0n) is 10.2. The summed E-state index contributed by atoms with van der Waals surface area (Å²) in [4.78, 5) is 12.1. The Morgan fingerprint density at radius 2 is 1.94 bits per heavy atom. The van der Waals surface area contributed by atoms with Crippen molar-refractivity contribution in [3.8, 4) is 0 Å². The molecule has 4 heteroatoms. The fourth-order valence-electron chi connectivity index (χ4n) is 1.61. The summed E-state index contributed by atoms with van der Waals surface area (Å²) in [7, 11) is 0. The molecule has 0 saturated carbocycles. The molecule has 0 heterocycles. The second-order valence-corrected chi connectivity index (χ2v) is 5.43. The zero-order valence-corrected chi connectivity index (χ0v) is 10.9. The summed E-state index contributed by atoms with van der Waals surface area (Å²) >= 11 is 5.85. The summed E-state index contributed by atoms with van der Waals surface area (Å²) in [6, 6.07) is 6.83. The van der Waals surface area contributed by atoms with Crippen LogP contribution in [0.1, 0.15) is 38.1 Å². The van der Waals surface area contributed by atoms with E-state index in [1.807, 2.05) is 27.7 Å². The van der Waals surface area contributed by atoms with Gasteiger partial charge in [-0.05, 0) is 39.8 Å². The molecule has 92 valence electrons. The van der Waals surface area contributed by atoms with Gasteiger partial charge >= 0.3 is 45.5 Å². The second-order valence-electron chi connectivity index (χ2n) is 4.99. The van der Waals surface area contributed by atoms with Gasteiger partial charge in [-0.25, -0.2) is 0 Å². The summed E-state index contributed by atoms with van der Waals surface area (Å²) in [6.45, 7) is 7.98. The third kappa shape index (κ3) is 6.37. The van der Waals surface area contributed by atoms with Gasteiger partial charge in [0.15, 0.2) is 5.78 Å². The molecule has 0 saturated heterocycles. The molecule has 0 amide bonds. The van der Waals surface area contributed by atoms with Gasteiger partial charge in [-0.3, -0.25) is 4.79 Å². The quantitative estimate of drug-likeness (QED) is 0.681. The standard InChI is InChI=1S/C13H18ClNO.Sr.2H/c1-9(15-13(2,3)4)12(16)10-6-5-7-11(14)8-10;;;/h5-9,15H,1-4H3;;;. The molecule has 0 aliphatic heterocycles. The number of hydrogen-bond acceptors (Lipinski definition) is 2. The van der Waals surface area contributed by atoms with Crippen molar-refractivity contribution in [2.75, 3.05) is 0 Å². The Hall–Kier alpha value is 0.621. The van der Waals surface area contributed by atoms with Crippen LogP contribution in [0.4, 0.5) is 0 Å². The van der Waals surface area contributed by atoms with Crippen LogP contribution in [0, 0.1) is 0 Å². The third-order valence-corrected chi connectivity index (χ3v) is 2.39. The molecular formula is C13H20ClNOSr. The number of nitrogens with one attached hydrogen (secondary N) is 1. The molecule has 17 heavy (non-hydrogen) atoms. The van der Waals surface area contributed by atoms with Crippen LogP contribution in [-0.2, 0) is 0 Å². The third-order valence-electron chi connectivity index (χ3n) is 2.15.